The first kappa shape index (κ1) is 27.0. The van der Waals surface area contributed by atoms with Crippen molar-refractivity contribution in [2.75, 3.05) is 57.9 Å². The summed E-state index contributed by atoms with van der Waals surface area (Å²) in [6.45, 7) is 8.19. The second kappa shape index (κ2) is 11.4. The number of nitrogens with zero attached hydrogens (tertiary/aromatic N) is 3. The minimum Gasteiger partial charge on any atom is -0.497 e. The van der Waals surface area contributed by atoms with Gasteiger partial charge in [-0.05, 0) is 79.4 Å². The molecule has 0 bridgehead atoms. The van der Waals surface area contributed by atoms with E-state index >= 15 is 0 Å². The zero-order chi connectivity index (χ0) is 28.5. The lowest BCUT2D eigenvalue weighted by atomic mass is 9.75. The summed E-state index contributed by atoms with van der Waals surface area (Å²) in [5, 5.41) is 0. The van der Waals surface area contributed by atoms with Crippen LogP contribution in [0.4, 0.5) is 5.69 Å². The molecule has 41 heavy (non-hydrogen) atoms. The molecule has 6 rings (SSSR count). The van der Waals surface area contributed by atoms with Crippen molar-refractivity contribution in [2.45, 2.75) is 32.2 Å². The van der Waals surface area contributed by atoms with Crippen LogP contribution in [0.5, 0.6) is 17.2 Å². The van der Waals surface area contributed by atoms with Gasteiger partial charge in [0.15, 0.2) is 11.5 Å². The van der Waals surface area contributed by atoms with Crippen molar-refractivity contribution in [1.82, 2.24) is 9.80 Å². The number of rotatable bonds is 7. The Morgan fingerprint density at radius 1 is 0.854 bits per heavy atom. The van der Waals surface area contributed by atoms with Gasteiger partial charge < -0.3 is 28.9 Å². The van der Waals surface area contributed by atoms with Crippen LogP contribution >= 0.6 is 0 Å². The number of methoxy groups -OCH3 is 1. The Morgan fingerprint density at radius 3 is 2.22 bits per heavy atom. The molecule has 8 nitrogen and oxygen atoms in total. The van der Waals surface area contributed by atoms with E-state index < -0.39 is 12.0 Å². The van der Waals surface area contributed by atoms with Crippen molar-refractivity contribution in [2.24, 2.45) is 0 Å². The Balaban J connectivity index is 1.34. The first-order chi connectivity index (χ1) is 20.0. The monoisotopic (exact) mass is 555 g/mol. The number of fused-ring (bicyclic) bond motifs is 4. The summed E-state index contributed by atoms with van der Waals surface area (Å²) < 4.78 is 17.2. The number of anilines is 1. The van der Waals surface area contributed by atoms with Crippen molar-refractivity contribution in [3.8, 4) is 17.2 Å². The zero-order valence-electron chi connectivity index (χ0n) is 24.0. The number of carbonyl (C=O) groups is 2. The molecule has 3 aromatic rings. The van der Waals surface area contributed by atoms with E-state index in [9.17, 15) is 9.59 Å². The van der Waals surface area contributed by atoms with Gasteiger partial charge in [0.05, 0.1) is 32.3 Å². The van der Waals surface area contributed by atoms with Crippen molar-refractivity contribution >= 4 is 17.5 Å². The van der Waals surface area contributed by atoms with Crippen LogP contribution in [-0.2, 0) is 11.2 Å². The van der Waals surface area contributed by atoms with Gasteiger partial charge in [-0.1, -0.05) is 18.2 Å². The van der Waals surface area contributed by atoms with Crippen molar-refractivity contribution in [1.29, 1.82) is 0 Å². The van der Waals surface area contributed by atoms with Crippen LogP contribution in [0.3, 0.4) is 0 Å². The predicted molar refractivity (Wildman–Crippen MR) is 157 cm³/mol. The molecule has 3 aliphatic heterocycles. The quantitative estimate of drug-likeness (QED) is 0.422. The third-order valence-electron chi connectivity index (χ3n) is 8.48. The van der Waals surface area contributed by atoms with Gasteiger partial charge in [-0.3, -0.25) is 9.59 Å². The number of piperazine rings is 1. The Kier molecular flexibility index (Phi) is 7.47. The van der Waals surface area contributed by atoms with Gasteiger partial charge in [0.1, 0.15) is 5.75 Å². The van der Waals surface area contributed by atoms with E-state index in [4.69, 9.17) is 14.2 Å². The van der Waals surface area contributed by atoms with Crippen LogP contribution < -0.4 is 19.1 Å². The van der Waals surface area contributed by atoms with E-state index in [-0.39, 0.29) is 11.8 Å². The summed E-state index contributed by atoms with van der Waals surface area (Å²) in [5.41, 5.74) is 4.63. The maximum atomic E-state index is 14.5. The second-order valence-corrected chi connectivity index (χ2v) is 10.6. The molecule has 0 unspecified atom stereocenters. The average Bonchev–Trinajstić information content (AvgIpc) is 3.01. The van der Waals surface area contributed by atoms with Gasteiger partial charge in [-0.25, -0.2) is 0 Å². The fourth-order valence-corrected chi connectivity index (χ4v) is 6.51. The molecule has 0 N–H and O–H groups in total. The molecule has 1 fully saturated rings. The number of hydrogen-bond donors (Lipinski definition) is 0. The van der Waals surface area contributed by atoms with Gasteiger partial charge >= 0.3 is 0 Å². The van der Waals surface area contributed by atoms with Crippen LogP contribution in [0.15, 0.2) is 60.7 Å². The zero-order valence-corrected chi connectivity index (χ0v) is 24.0. The predicted octanol–water partition coefficient (Wildman–Crippen LogP) is 4.68. The maximum Gasteiger partial charge on any atom is 0.254 e. The standard InChI is InChI=1S/C33H37N3O5/c1-4-40-28-20-22-14-15-36-31(27(22)21-29(28)41-5-2)30(25-8-6-7-9-26(25)32(36)37)33(38)35-18-16-34(17-19-35)23-10-12-24(39-3)13-11-23/h6-13,20-21,30-31H,4-5,14-19H2,1-3H3/t30-,31-/m0/s1. The molecule has 0 aromatic heterocycles. The minimum absolute atomic E-state index is 0.0172. The fraction of sp³-hybridized carbons (Fsp3) is 0.394. The van der Waals surface area contributed by atoms with Gasteiger partial charge in [0, 0.05) is 44.0 Å². The summed E-state index contributed by atoms with van der Waals surface area (Å²) in [7, 11) is 1.66. The van der Waals surface area contributed by atoms with E-state index in [1.807, 2.05) is 72.2 Å². The molecule has 3 aliphatic rings. The highest BCUT2D eigenvalue weighted by molar-refractivity contribution is 6.01. The van der Waals surface area contributed by atoms with Crippen molar-refractivity contribution in [3.05, 3.63) is 82.9 Å². The molecular formula is C33H37N3O5. The first-order valence-corrected chi connectivity index (χ1v) is 14.5. The maximum absolute atomic E-state index is 14.5. The molecule has 0 radical (unpaired) electrons. The van der Waals surface area contributed by atoms with E-state index in [1.165, 1.54) is 0 Å². The molecule has 2 amide bonds. The van der Waals surface area contributed by atoms with E-state index in [0.29, 0.717) is 56.3 Å². The number of ether oxygens (including phenoxy) is 3. The third-order valence-corrected chi connectivity index (χ3v) is 8.48. The van der Waals surface area contributed by atoms with E-state index in [1.54, 1.807) is 7.11 Å². The molecule has 3 aromatic carbocycles. The van der Waals surface area contributed by atoms with Gasteiger partial charge in [-0.15, -0.1) is 0 Å². The molecule has 1 saturated heterocycles. The Morgan fingerprint density at radius 2 is 1.54 bits per heavy atom. The smallest absolute Gasteiger partial charge is 0.254 e. The Hall–Kier alpha value is -4.20. The summed E-state index contributed by atoms with van der Waals surface area (Å²) >= 11 is 0. The number of amides is 2. The van der Waals surface area contributed by atoms with Crippen molar-refractivity contribution < 1.29 is 23.8 Å². The van der Waals surface area contributed by atoms with Crippen LogP contribution in [-0.4, -0.2) is 74.7 Å². The lowest BCUT2D eigenvalue weighted by Gasteiger charge is -2.47. The molecular weight excluding hydrogens is 518 g/mol. The normalized spacial score (nSPS) is 19.7. The van der Waals surface area contributed by atoms with Crippen LogP contribution in [0.2, 0.25) is 0 Å². The first-order valence-electron chi connectivity index (χ1n) is 14.5. The number of carbonyl (C=O) groups excluding carboxylic acids is 2. The highest BCUT2D eigenvalue weighted by Crippen LogP contribution is 2.49. The highest BCUT2D eigenvalue weighted by Gasteiger charge is 2.48. The largest absolute Gasteiger partial charge is 0.497 e. The topological polar surface area (TPSA) is 71.5 Å². The lowest BCUT2D eigenvalue weighted by Crippen LogP contribution is -2.54. The molecule has 3 heterocycles. The third kappa shape index (κ3) is 4.85. The molecule has 0 aliphatic carbocycles. The van der Waals surface area contributed by atoms with Gasteiger partial charge in [0.25, 0.3) is 5.91 Å². The number of benzene rings is 3. The van der Waals surface area contributed by atoms with Crippen LogP contribution in [0.1, 0.15) is 52.9 Å². The molecule has 0 spiro atoms. The fourth-order valence-electron chi connectivity index (χ4n) is 6.51. The minimum atomic E-state index is -0.497. The Labute approximate surface area is 241 Å². The van der Waals surface area contributed by atoms with Crippen molar-refractivity contribution in [3.63, 3.8) is 0 Å². The van der Waals surface area contributed by atoms with E-state index in [0.717, 1.165) is 41.2 Å². The van der Waals surface area contributed by atoms with Gasteiger partial charge in [-0.2, -0.15) is 0 Å². The summed E-state index contributed by atoms with van der Waals surface area (Å²) in [5.74, 6) is 1.74. The summed E-state index contributed by atoms with van der Waals surface area (Å²) in [4.78, 5) is 34.4. The Bertz CT molecular complexity index is 1430. The number of hydrogen-bond acceptors (Lipinski definition) is 6. The summed E-state index contributed by atoms with van der Waals surface area (Å²) in [6, 6.07) is 19.3. The van der Waals surface area contributed by atoms with Gasteiger partial charge in [0.2, 0.25) is 5.91 Å². The summed E-state index contributed by atoms with van der Waals surface area (Å²) in [6.07, 6.45) is 0.702. The van der Waals surface area contributed by atoms with Crippen LogP contribution in [0, 0.1) is 0 Å². The average molecular weight is 556 g/mol. The lowest BCUT2D eigenvalue weighted by molar-refractivity contribution is -0.135. The van der Waals surface area contributed by atoms with E-state index in [2.05, 4.69) is 17.0 Å². The molecule has 0 saturated carbocycles. The SMILES string of the molecule is CCOc1cc2c(cc1OCC)[C@H]1[C@@H](C(=O)N3CCN(c4ccc(OC)cc4)CC3)c3ccccc3C(=O)N1CC2. The second-order valence-electron chi connectivity index (χ2n) is 10.6. The molecule has 2 atom stereocenters. The molecule has 8 heteroatoms. The molecule has 214 valence electrons. The highest BCUT2D eigenvalue weighted by atomic mass is 16.5. The van der Waals surface area contributed by atoms with Crippen LogP contribution in [0.25, 0.3) is 0 Å².